The van der Waals surface area contributed by atoms with Crippen molar-refractivity contribution < 1.29 is 9.59 Å². The second-order valence-electron chi connectivity index (χ2n) is 8.55. The molecular formula is C24H40N4O2. The Morgan fingerprint density at radius 1 is 1.03 bits per heavy atom. The molecule has 2 rings (SSSR count). The number of anilines is 2. The molecule has 1 aliphatic rings. The molecule has 6 nitrogen and oxygen atoms in total. The molecule has 0 bridgehead atoms. The molecule has 2 amide bonds. The fourth-order valence-electron chi connectivity index (χ4n) is 3.83. The van der Waals surface area contributed by atoms with Crippen LogP contribution < -0.4 is 15.5 Å². The summed E-state index contributed by atoms with van der Waals surface area (Å²) in [5.74, 6) is -0.0379. The average molecular weight is 417 g/mol. The van der Waals surface area contributed by atoms with Gasteiger partial charge in [0.05, 0.1) is 5.56 Å². The average Bonchev–Trinajstić information content (AvgIpc) is 3.25. The third-order valence-electron chi connectivity index (χ3n) is 5.55. The highest BCUT2D eigenvalue weighted by atomic mass is 16.2. The van der Waals surface area contributed by atoms with E-state index in [0.717, 1.165) is 57.4 Å². The van der Waals surface area contributed by atoms with E-state index in [1.807, 2.05) is 32.3 Å². The highest BCUT2D eigenvalue weighted by Gasteiger charge is 2.20. The van der Waals surface area contributed by atoms with Gasteiger partial charge >= 0.3 is 0 Å². The second kappa shape index (κ2) is 13.3. The summed E-state index contributed by atoms with van der Waals surface area (Å²) in [6.07, 6.45) is 9.37. The van der Waals surface area contributed by atoms with Crippen molar-refractivity contribution in [3.63, 3.8) is 0 Å². The van der Waals surface area contributed by atoms with Gasteiger partial charge < -0.3 is 20.4 Å². The quantitative estimate of drug-likeness (QED) is 0.472. The van der Waals surface area contributed by atoms with Gasteiger partial charge in [0.1, 0.15) is 0 Å². The molecule has 168 valence electrons. The molecule has 1 fully saturated rings. The smallest absolute Gasteiger partial charge is 0.253 e. The summed E-state index contributed by atoms with van der Waals surface area (Å²) < 4.78 is 0. The molecule has 0 spiro atoms. The number of rotatable bonds is 13. The topological polar surface area (TPSA) is 64.7 Å². The summed E-state index contributed by atoms with van der Waals surface area (Å²) in [6, 6.07) is 5.74. The van der Waals surface area contributed by atoms with Gasteiger partial charge in [-0.2, -0.15) is 0 Å². The van der Waals surface area contributed by atoms with Gasteiger partial charge in [-0.15, -0.1) is 0 Å². The normalized spacial score (nSPS) is 13.7. The Hall–Kier alpha value is -2.08. The Bertz CT molecular complexity index is 669. The fourth-order valence-corrected chi connectivity index (χ4v) is 3.83. The zero-order valence-electron chi connectivity index (χ0n) is 19.1. The minimum Gasteiger partial charge on any atom is -0.371 e. The monoisotopic (exact) mass is 416 g/mol. The number of unbranched alkanes of at least 4 members (excludes halogenated alkanes) is 4. The van der Waals surface area contributed by atoms with Gasteiger partial charge in [0.25, 0.3) is 5.91 Å². The SMILES string of the molecule is CCCCCCCC(=O)Nc1ccc(N2CCCC2)c(C(=O)NCCCN(C)C)c1. The van der Waals surface area contributed by atoms with Gasteiger partial charge in [-0.05, 0) is 64.5 Å². The lowest BCUT2D eigenvalue weighted by Gasteiger charge is -2.22. The van der Waals surface area contributed by atoms with Crippen LogP contribution in [-0.4, -0.2) is 57.0 Å². The molecule has 6 heteroatoms. The van der Waals surface area contributed by atoms with Crippen LogP contribution in [0.15, 0.2) is 18.2 Å². The summed E-state index contributed by atoms with van der Waals surface area (Å²) in [6.45, 7) is 5.72. The predicted molar refractivity (Wildman–Crippen MR) is 125 cm³/mol. The number of nitrogens with zero attached hydrogens (tertiary/aromatic N) is 2. The third-order valence-corrected chi connectivity index (χ3v) is 5.55. The van der Waals surface area contributed by atoms with E-state index in [9.17, 15) is 9.59 Å². The van der Waals surface area contributed by atoms with Gasteiger partial charge in [-0.3, -0.25) is 9.59 Å². The number of hydrogen-bond acceptors (Lipinski definition) is 4. The molecule has 1 aromatic carbocycles. The standard InChI is InChI=1S/C24H40N4O2/c1-4-5-6-7-8-12-23(29)26-20-13-14-22(28-17-9-10-18-28)21(19-20)24(30)25-15-11-16-27(2)3/h13-14,19H,4-12,15-18H2,1-3H3,(H,25,30)(H,26,29). The summed E-state index contributed by atoms with van der Waals surface area (Å²) in [4.78, 5) is 29.6. The van der Waals surface area contributed by atoms with Crippen molar-refractivity contribution in [2.75, 3.05) is 50.5 Å². The van der Waals surface area contributed by atoms with E-state index in [1.54, 1.807) is 0 Å². The van der Waals surface area contributed by atoms with Crippen LogP contribution in [0.1, 0.15) is 75.1 Å². The number of amides is 2. The van der Waals surface area contributed by atoms with Gasteiger partial charge in [0, 0.05) is 37.4 Å². The van der Waals surface area contributed by atoms with Crippen molar-refractivity contribution >= 4 is 23.2 Å². The first kappa shape index (κ1) is 24.2. The molecular weight excluding hydrogens is 376 g/mol. The largest absolute Gasteiger partial charge is 0.371 e. The minimum atomic E-state index is -0.0636. The van der Waals surface area contributed by atoms with E-state index in [-0.39, 0.29) is 11.8 Å². The summed E-state index contributed by atoms with van der Waals surface area (Å²) in [7, 11) is 4.06. The third kappa shape index (κ3) is 8.34. The minimum absolute atomic E-state index is 0.0257. The molecule has 1 aromatic rings. The van der Waals surface area contributed by atoms with Crippen LogP contribution >= 0.6 is 0 Å². The van der Waals surface area contributed by atoms with Crippen LogP contribution in [-0.2, 0) is 4.79 Å². The maximum atomic E-state index is 12.9. The Morgan fingerprint density at radius 2 is 1.77 bits per heavy atom. The Kier molecular flexibility index (Phi) is 10.7. The van der Waals surface area contributed by atoms with Crippen LogP contribution in [0, 0.1) is 0 Å². The summed E-state index contributed by atoms with van der Waals surface area (Å²) >= 11 is 0. The lowest BCUT2D eigenvalue weighted by Crippen LogP contribution is -2.29. The Balaban J connectivity index is 1.99. The van der Waals surface area contributed by atoms with Crippen molar-refractivity contribution in [2.45, 2.75) is 64.7 Å². The maximum Gasteiger partial charge on any atom is 0.253 e. The van der Waals surface area contributed by atoms with Crippen molar-refractivity contribution in [2.24, 2.45) is 0 Å². The van der Waals surface area contributed by atoms with Crippen molar-refractivity contribution in [3.8, 4) is 0 Å². The molecule has 0 radical (unpaired) electrons. The van der Waals surface area contributed by atoms with E-state index in [2.05, 4.69) is 27.4 Å². The van der Waals surface area contributed by atoms with Gasteiger partial charge in [-0.1, -0.05) is 32.6 Å². The Morgan fingerprint density at radius 3 is 2.47 bits per heavy atom. The van der Waals surface area contributed by atoms with Gasteiger partial charge in [0.15, 0.2) is 0 Å². The molecule has 0 aliphatic carbocycles. The van der Waals surface area contributed by atoms with Crippen molar-refractivity contribution in [1.82, 2.24) is 10.2 Å². The molecule has 1 heterocycles. The molecule has 0 atom stereocenters. The highest BCUT2D eigenvalue weighted by Crippen LogP contribution is 2.27. The van der Waals surface area contributed by atoms with E-state index in [0.29, 0.717) is 24.2 Å². The Labute approximate surface area is 182 Å². The molecule has 0 saturated carbocycles. The molecule has 30 heavy (non-hydrogen) atoms. The number of carbonyl (C=O) groups is 2. The number of carbonyl (C=O) groups excluding carboxylic acids is 2. The molecule has 1 aliphatic heterocycles. The van der Waals surface area contributed by atoms with Gasteiger partial charge in [-0.25, -0.2) is 0 Å². The number of nitrogens with one attached hydrogen (secondary N) is 2. The van der Waals surface area contributed by atoms with E-state index in [1.165, 1.54) is 19.3 Å². The van der Waals surface area contributed by atoms with Crippen LogP contribution in [0.3, 0.4) is 0 Å². The molecule has 0 aromatic heterocycles. The highest BCUT2D eigenvalue weighted by molar-refractivity contribution is 6.02. The van der Waals surface area contributed by atoms with Crippen LogP contribution in [0.5, 0.6) is 0 Å². The first-order chi connectivity index (χ1) is 14.5. The summed E-state index contributed by atoms with van der Waals surface area (Å²) in [5.41, 5.74) is 2.33. The zero-order chi connectivity index (χ0) is 21.8. The lowest BCUT2D eigenvalue weighted by atomic mass is 10.1. The molecule has 2 N–H and O–H groups in total. The van der Waals surface area contributed by atoms with Crippen molar-refractivity contribution in [1.29, 1.82) is 0 Å². The first-order valence-electron chi connectivity index (χ1n) is 11.6. The van der Waals surface area contributed by atoms with Crippen LogP contribution in [0.25, 0.3) is 0 Å². The molecule has 0 unspecified atom stereocenters. The number of hydrogen-bond donors (Lipinski definition) is 2. The zero-order valence-corrected chi connectivity index (χ0v) is 19.1. The maximum absolute atomic E-state index is 12.9. The predicted octanol–water partition coefficient (Wildman–Crippen LogP) is 4.27. The molecule has 1 saturated heterocycles. The van der Waals surface area contributed by atoms with Crippen LogP contribution in [0.4, 0.5) is 11.4 Å². The fraction of sp³-hybridized carbons (Fsp3) is 0.667. The first-order valence-corrected chi connectivity index (χ1v) is 11.6. The van der Waals surface area contributed by atoms with E-state index < -0.39 is 0 Å². The van der Waals surface area contributed by atoms with E-state index in [4.69, 9.17) is 0 Å². The summed E-state index contributed by atoms with van der Waals surface area (Å²) in [5, 5.41) is 6.03. The van der Waals surface area contributed by atoms with E-state index >= 15 is 0 Å². The van der Waals surface area contributed by atoms with Crippen molar-refractivity contribution in [3.05, 3.63) is 23.8 Å². The van der Waals surface area contributed by atoms with Gasteiger partial charge in [0.2, 0.25) is 5.91 Å². The number of benzene rings is 1. The lowest BCUT2D eigenvalue weighted by molar-refractivity contribution is -0.116. The van der Waals surface area contributed by atoms with Crippen LogP contribution in [0.2, 0.25) is 0 Å². The second-order valence-corrected chi connectivity index (χ2v) is 8.55.